The molecular formula is C14H21N3O2. The van der Waals surface area contributed by atoms with Crippen LogP contribution >= 0.6 is 0 Å². The fourth-order valence-corrected chi connectivity index (χ4v) is 2.17. The second kappa shape index (κ2) is 5.93. The zero-order valence-electron chi connectivity index (χ0n) is 11.6. The first-order chi connectivity index (χ1) is 9.10. The summed E-state index contributed by atoms with van der Waals surface area (Å²) in [5, 5.41) is 6.27. The number of nitrogens with one attached hydrogen (secondary N) is 2. The smallest absolute Gasteiger partial charge is 0.322 e. The number of ether oxygens (including phenoxy) is 1. The molecule has 1 saturated heterocycles. The monoisotopic (exact) mass is 263 g/mol. The number of carbonyl (C=O) groups is 1. The van der Waals surface area contributed by atoms with E-state index < -0.39 is 0 Å². The van der Waals surface area contributed by atoms with Gasteiger partial charge < -0.3 is 20.3 Å². The van der Waals surface area contributed by atoms with Gasteiger partial charge in [0.05, 0.1) is 7.11 Å². The summed E-state index contributed by atoms with van der Waals surface area (Å²) in [7, 11) is 1.62. The molecule has 2 N–H and O–H groups in total. The molecule has 0 aromatic heterocycles. The third kappa shape index (κ3) is 3.38. The Balaban J connectivity index is 1.99. The average Bonchev–Trinajstić information content (AvgIpc) is 2.42. The molecule has 0 spiro atoms. The van der Waals surface area contributed by atoms with Crippen LogP contribution < -0.4 is 15.4 Å². The maximum absolute atomic E-state index is 12.2. The lowest BCUT2D eigenvalue weighted by Crippen LogP contribution is -2.57. The summed E-state index contributed by atoms with van der Waals surface area (Å²) in [6.45, 7) is 5.69. The van der Waals surface area contributed by atoms with Gasteiger partial charge in [-0.2, -0.15) is 0 Å². The molecule has 1 fully saturated rings. The highest BCUT2D eigenvalue weighted by molar-refractivity contribution is 5.89. The Morgan fingerprint density at radius 3 is 2.68 bits per heavy atom. The van der Waals surface area contributed by atoms with Crippen LogP contribution in [0.25, 0.3) is 0 Å². The van der Waals surface area contributed by atoms with Gasteiger partial charge in [-0.15, -0.1) is 0 Å². The topological polar surface area (TPSA) is 53.6 Å². The number of carbonyl (C=O) groups excluding carboxylic acids is 1. The minimum Gasteiger partial charge on any atom is -0.497 e. The molecule has 2 unspecified atom stereocenters. The maximum Gasteiger partial charge on any atom is 0.322 e. The second-order valence-corrected chi connectivity index (χ2v) is 4.97. The van der Waals surface area contributed by atoms with Crippen LogP contribution in [-0.4, -0.2) is 43.2 Å². The van der Waals surface area contributed by atoms with Gasteiger partial charge in [-0.3, -0.25) is 0 Å². The summed E-state index contributed by atoms with van der Waals surface area (Å²) in [4.78, 5) is 14.1. The molecule has 1 aliphatic heterocycles. The van der Waals surface area contributed by atoms with Gasteiger partial charge in [-0.05, 0) is 38.1 Å². The summed E-state index contributed by atoms with van der Waals surface area (Å²) < 4.78 is 5.09. The van der Waals surface area contributed by atoms with Crippen molar-refractivity contribution in [3.05, 3.63) is 24.3 Å². The predicted molar refractivity (Wildman–Crippen MR) is 75.6 cm³/mol. The number of piperazine rings is 1. The molecule has 2 rings (SSSR count). The summed E-state index contributed by atoms with van der Waals surface area (Å²) >= 11 is 0. The van der Waals surface area contributed by atoms with Gasteiger partial charge in [0.2, 0.25) is 0 Å². The highest BCUT2D eigenvalue weighted by Gasteiger charge is 2.26. The van der Waals surface area contributed by atoms with Crippen LogP contribution in [0, 0.1) is 0 Å². The molecule has 19 heavy (non-hydrogen) atoms. The van der Waals surface area contributed by atoms with Crippen LogP contribution in [0.3, 0.4) is 0 Å². The number of urea groups is 1. The van der Waals surface area contributed by atoms with Crippen molar-refractivity contribution < 1.29 is 9.53 Å². The Hall–Kier alpha value is -1.75. The molecule has 2 amide bonds. The van der Waals surface area contributed by atoms with Gasteiger partial charge in [0, 0.05) is 30.9 Å². The number of hydrogen-bond acceptors (Lipinski definition) is 3. The standard InChI is InChI=1S/C14H21N3O2/c1-10-9-17(11(2)8-15-10)14(18)16-12-4-6-13(19-3)7-5-12/h4-7,10-11,15H,8-9H2,1-3H3,(H,16,18). The molecule has 2 atom stereocenters. The highest BCUT2D eigenvalue weighted by atomic mass is 16.5. The zero-order chi connectivity index (χ0) is 13.8. The van der Waals surface area contributed by atoms with Crippen LogP contribution in [0.2, 0.25) is 0 Å². The summed E-state index contributed by atoms with van der Waals surface area (Å²) in [6, 6.07) is 7.83. The number of nitrogens with zero attached hydrogens (tertiary/aromatic N) is 1. The lowest BCUT2D eigenvalue weighted by molar-refractivity contribution is 0.161. The Morgan fingerprint density at radius 1 is 1.37 bits per heavy atom. The fourth-order valence-electron chi connectivity index (χ4n) is 2.17. The summed E-state index contributed by atoms with van der Waals surface area (Å²) in [6.07, 6.45) is 0. The van der Waals surface area contributed by atoms with E-state index in [0.717, 1.165) is 24.5 Å². The lowest BCUT2D eigenvalue weighted by atomic mass is 10.1. The fraction of sp³-hybridized carbons (Fsp3) is 0.500. The molecule has 1 aromatic carbocycles. The number of anilines is 1. The Kier molecular flexibility index (Phi) is 4.27. The van der Waals surface area contributed by atoms with E-state index in [1.165, 1.54) is 0 Å². The van der Waals surface area contributed by atoms with Crippen LogP contribution in [0.15, 0.2) is 24.3 Å². The van der Waals surface area contributed by atoms with E-state index in [2.05, 4.69) is 17.6 Å². The molecule has 5 nitrogen and oxygen atoms in total. The molecule has 0 aliphatic carbocycles. The number of amides is 2. The van der Waals surface area contributed by atoms with E-state index >= 15 is 0 Å². The Morgan fingerprint density at radius 2 is 2.05 bits per heavy atom. The zero-order valence-corrected chi connectivity index (χ0v) is 11.6. The van der Waals surface area contributed by atoms with E-state index in [9.17, 15) is 4.79 Å². The van der Waals surface area contributed by atoms with E-state index in [-0.39, 0.29) is 12.1 Å². The third-order valence-electron chi connectivity index (χ3n) is 3.37. The van der Waals surface area contributed by atoms with Gasteiger partial charge in [0.1, 0.15) is 5.75 Å². The van der Waals surface area contributed by atoms with E-state index in [1.54, 1.807) is 7.11 Å². The molecule has 1 heterocycles. The first kappa shape index (κ1) is 13.7. The quantitative estimate of drug-likeness (QED) is 0.857. The summed E-state index contributed by atoms with van der Waals surface area (Å²) in [5.74, 6) is 0.780. The van der Waals surface area contributed by atoms with E-state index in [1.807, 2.05) is 36.1 Å². The molecule has 1 aromatic rings. The number of hydrogen-bond donors (Lipinski definition) is 2. The second-order valence-electron chi connectivity index (χ2n) is 4.97. The lowest BCUT2D eigenvalue weighted by Gasteiger charge is -2.37. The van der Waals surface area contributed by atoms with Crippen molar-refractivity contribution in [1.29, 1.82) is 0 Å². The minimum absolute atomic E-state index is 0.0500. The Bertz CT molecular complexity index is 433. The van der Waals surface area contributed by atoms with E-state index in [4.69, 9.17) is 4.74 Å². The largest absolute Gasteiger partial charge is 0.497 e. The van der Waals surface area contributed by atoms with Crippen molar-refractivity contribution >= 4 is 11.7 Å². The van der Waals surface area contributed by atoms with Crippen LogP contribution in [0.4, 0.5) is 10.5 Å². The SMILES string of the molecule is COc1ccc(NC(=O)N2CC(C)NCC2C)cc1. The van der Waals surface area contributed by atoms with Gasteiger partial charge in [0.25, 0.3) is 0 Å². The first-order valence-corrected chi connectivity index (χ1v) is 6.55. The molecule has 0 radical (unpaired) electrons. The van der Waals surface area contributed by atoms with Gasteiger partial charge in [-0.1, -0.05) is 0 Å². The van der Waals surface area contributed by atoms with E-state index in [0.29, 0.717) is 6.04 Å². The summed E-state index contributed by atoms with van der Waals surface area (Å²) in [5.41, 5.74) is 0.782. The molecule has 0 saturated carbocycles. The van der Waals surface area contributed by atoms with Crippen molar-refractivity contribution in [1.82, 2.24) is 10.2 Å². The molecular weight excluding hydrogens is 242 g/mol. The predicted octanol–water partition coefficient (Wildman–Crippen LogP) is 1.91. The molecule has 1 aliphatic rings. The van der Waals surface area contributed by atoms with Gasteiger partial charge >= 0.3 is 6.03 Å². The van der Waals surface area contributed by atoms with Crippen molar-refractivity contribution in [2.45, 2.75) is 25.9 Å². The van der Waals surface area contributed by atoms with Gasteiger partial charge in [0.15, 0.2) is 0 Å². The first-order valence-electron chi connectivity index (χ1n) is 6.55. The van der Waals surface area contributed by atoms with Crippen molar-refractivity contribution in [2.24, 2.45) is 0 Å². The normalized spacial score (nSPS) is 23.0. The van der Waals surface area contributed by atoms with Crippen LogP contribution in [-0.2, 0) is 0 Å². The number of methoxy groups -OCH3 is 1. The van der Waals surface area contributed by atoms with Crippen molar-refractivity contribution in [3.8, 4) is 5.75 Å². The maximum atomic E-state index is 12.2. The number of benzene rings is 1. The molecule has 104 valence electrons. The van der Waals surface area contributed by atoms with Gasteiger partial charge in [-0.25, -0.2) is 4.79 Å². The van der Waals surface area contributed by atoms with Crippen molar-refractivity contribution in [2.75, 3.05) is 25.5 Å². The number of rotatable bonds is 2. The average molecular weight is 263 g/mol. The third-order valence-corrected chi connectivity index (χ3v) is 3.37. The van der Waals surface area contributed by atoms with Crippen LogP contribution in [0.1, 0.15) is 13.8 Å². The van der Waals surface area contributed by atoms with Crippen molar-refractivity contribution in [3.63, 3.8) is 0 Å². The highest BCUT2D eigenvalue weighted by Crippen LogP contribution is 2.16. The Labute approximate surface area is 113 Å². The van der Waals surface area contributed by atoms with Crippen LogP contribution in [0.5, 0.6) is 5.75 Å². The molecule has 0 bridgehead atoms. The minimum atomic E-state index is -0.0500. The molecule has 5 heteroatoms.